The highest BCUT2D eigenvalue weighted by Gasteiger charge is 2.36. The van der Waals surface area contributed by atoms with Crippen molar-refractivity contribution in [1.29, 1.82) is 5.26 Å². The van der Waals surface area contributed by atoms with E-state index >= 15 is 0 Å². The summed E-state index contributed by atoms with van der Waals surface area (Å²) in [6.45, 7) is 1.64. The number of rotatable bonds is 3. The van der Waals surface area contributed by atoms with Gasteiger partial charge >= 0.3 is 12.4 Å². The molecule has 0 radical (unpaired) electrons. The summed E-state index contributed by atoms with van der Waals surface area (Å²) in [5, 5.41) is 9.25. The minimum absolute atomic E-state index is 0.0218. The lowest BCUT2D eigenvalue weighted by Gasteiger charge is -2.11. The number of nitriles is 1. The minimum Gasteiger partial charge on any atom is -0.337 e. The van der Waals surface area contributed by atoms with Crippen molar-refractivity contribution in [3.05, 3.63) is 70.7 Å². The predicted molar refractivity (Wildman–Crippen MR) is 106 cm³/mol. The Bertz CT molecular complexity index is 1360. The van der Waals surface area contributed by atoms with Crippen LogP contribution in [0, 0.1) is 18.3 Å². The van der Waals surface area contributed by atoms with Crippen LogP contribution in [0.15, 0.2) is 42.5 Å². The maximum Gasteiger partial charge on any atom is 0.418 e. The summed E-state index contributed by atoms with van der Waals surface area (Å²) in [7, 11) is 0. The van der Waals surface area contributed by atoms with Gasteiger partial charge in [-0.3, -0.25) is 0 Å². The van der Waals surface area contributed by atoms with Crippen LogP contribution in [0.25, 0.3) is 21.5 Å². The first-order chi connectivity index (χ1) is 15.0. The quantitative estimate of drug-likeness (QED) is 0.327. The highest BCUT2D eigenvalue weighted by Crippen LogP contribution is 2.39. The molecule has 11 heteroatoms. The SMILES string of the molecule is Cc1cc2c(C(F)(F)F)c(C#N)ccc2n1Cc1nsc(-c2cccc(C(F)(F)F)c2)n1. The summed E-state index contributed by atoms with van der Waals surface area (Å²) in [5.74, 6) is 0.251. The van der Waals surface area contributed by atoms with Crippen molar-refractivity contribution >= 4 is 22.4 Å². The number of hydrogen-bond donors (Lipinski definition) is 0. The molecule has 0 aliphatic heterocycles. The number of hydrogen-bond acceptors (Lipinski definition) is 4. The molecule has 0 atom stereocenters. The fraction of sp³-hybridized carbons (Fsp3) is 0.190. The van der Waals surface area contributed by atoms with Gasteiger partial charge in [-0.05, 0) is 48.8 Å². The topological polar surface area (TPSA) is 54.5 Å². The van der Waals surface area contributed by atoms with Crippen LogP contribution in [0.1, 0.15) is 28.2 Å². The van der Waals surface area contributed by atoms with Crippen LogP contribution in [0.5, 0.6) is 0 Å². The van der Waals surface area contributed by atoms with Gasteiger partial charge in [0.1, 0.15) is 5.01 Å². The van der Waals surface area contributed by atoms with Gasteiger partial charge in [-0.1, -0.05) is 12.1 Å². The predicted octanol–water partition coefficient (Wildman–Crippen LogP) is 6.43. The molecule has 164 valence electrons. The average molecular weight is 466 g/mol. The van der Waals surface area contributed by atoms with Gasteiger partial charge in [0.2, 0.25) is 0 Å². The molecule has 0 spiro atoms. The average Bonchev–Trinajstić information content (AvgIpc) is 3.31. The lowest BCUT2D eigenvalue weighted by molar-refractivity contribution is -0.138. The van der Waals surface area contributed by atoms with Crippen LogP contribution >= 0.6 is 11.5 Å². The highest BCUT2D eigenvalue weighted by molar-refractivity contribution is 7.09. The summed E-state index contributed by atoms with van der Waals surface area (Å²) in [6.07, 6.45) is -9.21. The van der Waals surface area contributed by atoms with Crippen LogP contribution in [0.4, 0.5) is 26.3 Å². The molecular weight excluding hydrogens is 454 g/mol. The van der Waals surface area contributed by atoms with E-state index in [0.29, 0.717) is 5.69 Å². The molecule has 0 aliphatic carbocycles. The fourth-order valence-corrected chi connectivity index (χ4v) is 4.15. The van der Waals surface area contributed by atoms with Crippen molar-refractivity contribution in [3.8, 4) is 16.6 Å². The Hall–Kier alpha value is -3.39. The molecule has 4 nitrogen and oxygen atoms in total. The normalized spacial score (nSPS) is 12.3. The summed E-state index contributed by atoms with van der Waals surface area (Å²) in [5.41, 5.74) is -1.29. The van der Waals surface area contributed by atoms with Gasteiger partial charge in [0.05, 0.1) is 29.3 Å². The molecule has 0 saturated carbocycles. The smallest absolute Gasteiger partial charge is 0.337 e. The Morgan fingerprint density at radius 2 is 1.78 bits per heavy atom. The number of benzene rings is 2. The minimum atomic E-state index is -4.71. The fourth-order valence-electron chi connectivity index (χ4n) is 3.48. The standard InChI is InChI=1S/C21H12F6N4S/c1-11-7-15-16(6-5-13(9-28)18(15)21(25,26)27)31(11)10-17-29-19(32-30-17)12-3-2-4-14(8-12)20(22,23)24/h2-8H,10H2,1H3. The van der Waals surface area contributed by atoms with Crippen molar-refractivity contribution in [1.82, 2.24) is 13.9 Å². The van der Waals surface area contributed by atoms with E-state index in [1.807, 2.05) is 0 Å². The molecular formula is C21H12F6N4S. The maximum absolute atomic E-state index is 13.6. The van der Waals surface area contributed by atoms with E-state index in [-0.39, 0.29) is 33.8 Å². The van der Waals surface area contributed by atoms with E-state index in [0.717, 1.165) is 29.7 Å². The Balaban J connectivity index is 1.73. The number of alkyl halides is 6. The van der Waals surface area contributed by atoms with E-state index < -0.39 is 29.0 Å². The van der Waals surface area contributed by atoms with Gasteiger partial charge in [0.25, 0.3) is 0 Å². The Labute approximate surface area is 181 Å². The molecule has 0 unspecified atom stereocenters. The van der Waals surface area contributed by atoms with Crippen molar-refractivity contribution < 1.29 is 26.3 Å². The number of nitrogens with zero attached hydrogens (tertiary/aromatic N) is 4. The molecule has 0 bridgehead atoms. The van der Waals surface area contributed by atoms with Crippen molar-refractivity contribution in [3.63, 3.8) is 0 Å². The summed E-state index contributed by atoms with van der Waals surface area (Å²) in [4.78, 5) is 4.28. The van der Waals surface area contributed by atoms with Gasteiger partial charge in [0.15, 0.2) is 5.82 Å². The van der Waals surface area contributed by atoms with Gasteiger partial charge in [-0.25, -0.2) is 4.98 Å². The van der Waals surface area contributed by atoms with Crippen molar-refractivity contribution in [2.45, 2.75) is 25.8 Å². The zero-order chi connectivity index (χ0) is 23.3. The van der Waals surface area contributed by atoms with Crippen LogP contribution in [0.3, 0.4) is 0 Å². The molecule has 0 N–H and O–H groups in total. The van der Waals surface area contributed by atoms with Crippen LogP contribution in [-0.2, 0) is 18.9 Å². The molecule has 32 heavy (non-hydrogen) atoms. The number of aryl methyl sites for hydroxylation is 1. The monoisotopic (exact) mass is 466 g/mol. The van der Waals surface area contributed by atoms with Crippen molar-refractivity contribution in [2.24, 2.45) is 0 Å². The molecule has 0 aliphatic rings. The summed E-state index contributed by atoms with van der Waals surface area (Å²) in [6, 6.07) is 10.1. The second kappa shape index (κ2) is 7.63. The zero-order valence-corrected chi connectivity index (χ0v) is 17.0. The second-order valence-electron chi connectivity index (χ2n) is 7.00. The third-order valence-corrected chi connectivity index (χ3v) is 5.70. The number of fused-ring (bicyclic) bond motifs is 1. The second-order valence-corrected chi connectivity index (χ2v) is 7.75. The van der Waals surface area contributed by atoms with Gasteiger partial charge < -0.3 is 4.57 Å². The van der Waals surface area contributed by atoms with Gasteiger partial charge in [-0.15, -0.1) is 0 Å². The number of halogens is 6. The van der Waals surface area contributed by atoms with Crippen LogP contribution < -0.4 is 0 Å². The van der Waals surface area contributed by atoms with Crippen LogP contribution in [0.2, 0.25) is 0 Å². The van der Waals surface area contributed by atoms with Crippen LogP contribution in [-0.4, -0.2) is 13.9 Å². The maximum atomic E-state index is 13.6. The summed E-state index contributed by atoms with van der Waals surface area (Å²) < 4.78 is 85.4. The Morgan fingerprint density at radius 1 is 1.03 bits per heavy atom. The lowest BCUT2D eigenvalue weighted by atomic mass is 10.0. The molecule has 4 aromatic rings. The molecule has 2 aromatic carbocycles. The Morgan fingerprint density at radius 3 is 2.44 bits per heavy atom. The largest absolute Gasteiger partial charge is 0.418 e. The first-order valence-corrected chi connectivity index (χ1v) is 9.86. The molecule has 0 fully saturated rings. The molecule has 2 aromatic heterocycles. The third kappa shape index (κ3) is 3.93. The highest BCUT2D eigenvalue weighted by atomic mass is 32.1. The van der Waals surface area contributed by atoms with Gasteiger partial charge in [-0.2, -0.15) is 36.0 Å². The van der Waals surface area contributed by atoms with E-state index in [1.54, 1.807) is 17.6 Å². The van der Waals surface area contributed by atoms with E-state index in [4.69, 9.17) is 5.26 Å². The first-order valence-electron chi connectivity index (χ1n) is 9.09. The Kier molecular flexibility index (Phi) is 5.21. The van der Waals surface area contributed by atoms with E-state index in [2.05, 4.69) is 9.36 Å². The zero-order valence-electron chi connectivity index (χ0n) is 16.2. The first kappa shape index (κ1) is 21.8. The van der Waals surface area contributed by atoms with E-state index in [9.17, 15) is 26.3 Å². The molecule has 0 amide bonds. The molecule has 0 saturated heterocycles. The lowest BCUT2D eigenvalue weighted by Crippen LogP contribution is -2.09. The van der Waals surface area contributed by atoms with Crippen molar-refractivity contribution in [2.75, 3.05) is 0 Å². The molecule has 4 rings (SSSR count). The number of aromatic nitrogens is 3. The molecule has 2 heterocycles. The van der Waals surface area contributed by atoms with E-state index in [1.165, 1.54) is 24.3 Å². The summed E-state index contributed by atoms with van der Waals surface area (Å²) >= 11 is 0.904. The third-order valence-electron chi connectivity index (χ3n) is 4.90. The van der Waals surface area contributed by atoms with Gasteiger partial charge in [0, 0.05) is 22.2 Å².